The van der Waals surface area contributed by atoms with Gasteiger partial charge >= 0.3 is 0 Å². The molecule has 2 fully saturated rings. The smallest absolute Gasteiger partial charge is 0.256 e. The van der Waals surface area contributed by atoms with Crippen LogP contribution in [0.3, 0.4) is 0 Å². The number of nitrogens with one attached hydrogen (secondary N) is 1. The summed E-state index contributed by atoms with van der Waals surface area (Å²) >= 11 is 5.85. The van der Waals surface area contributed by atoms with Crippen LogP contribution in [0.5, 0.6) is 0 Å². The molecule has 3 aromatic rings. The van der Waals surface area contributed by atoms with Crippen molar-refractivity contribution in [3.8, 4) is 5.82 Å². The van der Waals surface area contributed by atoms with Crippen molar-refractivity contribution in [2.75, 3.05) is 18.0 Å². The number of nitrogens with zero attached hydrogens (tertiary/aromatic N) is 7. The molecule has 2 atom stereocenters. The quantitative estimate of drug-likeness (QED) is 0.649. The predicted octanol–water partition coefficient (Wildman–Crippen LogP) is 2.57. The summed E-state index contributed by atoms with van der Waals surface area (Å²) in [6.07, 6.45) is 5.66. The van der Waals surface area contributed by atoms with Gasteiger partial charge in [-0.2, -0.15) is 0 Å². The fourth-order valence-corrected chi connectivity index (χ4v) is 4.10. The van der Waals surface area contributed by atoms with Gasteiger partial charge in [0.15, 0.2) is 5.82 Å². The Labute approximate surface area is 183 Å². The molecular weight excluding hydrogens is 423 g/mol. The molecule has 1 aliphatic carbocycles. The molecular formula is C20H22ClFN8O. The molecule has 1 aliphatic heterocycles. The van der Waals surface area contributed by atoms with E-state index in [0.29, 0.717) is 35.3 Å². The minimum atomic E-state index is -1.20. The van der Waals surface area contributed by atoms with Crippen molar-refractivity contribution < 1.29 is 9.18 Å². The molecule has 5 rings (SSSR count). The Kier molecular flexibility index (Phi) is 5.09. The molecule has 2 aliphatic rings. The lowest BCUT2D eigenvalue weighted by Gasteiger charge is -2.41. The van der Waals surface area contributed by atoms with Gasteiger partial charge < -0.3 is 9.80 Å². The minimum Gasteiger partial charge on any atom is -0.338 e. The Hall–Kier alpha value is -3.01. The normalized spacial score (nSPS) is 21.3. The molecule has 0 spiro atoms. The van der Waals surface area contributed by atoms with Gasteiger partial charge in [-0.1, -0.05) is 11.6 Å². The molecule has 0 aromatic carbocycles. The molecule has 1 amide bonds. The van der Waals surface area contributed by atoms with Crippen molar-refractivity contribution in [3.63, 3.8) is 0 Å². The van der Waals surface area contributed by atoms with E-state index in [0.717, 1.165) is 18.7 Å². The number of amides is 1. The average molecular weight is 445 g/mol. The van der Waals surface area contributed by atoms with Crippen molar-refractivity contribution in [1.82, 2.24) is 34.8 Å². The lowest BCUT2D eigenvalue weighted by atomic mass is 10.00. The molecule has 31 heavy (non-hydrogen) atoms. The summed E-state index contributed by atoms with van der Waals surface area (Å²) in [5.41, 5.74) is 0.460. The van der Waals surface area contributed by atoms with Crippen LogP contribution in [-0.4, -0.2) is 72.1 Å². The predicted molar refractivity (Wildman–Crippen MR) is 112 cm³/mol. The largest absolute Gasteiger partial charge is 0.338 e. The molecule has 1 saturated carbocycles. The molecule has 0 bridgehead atoms. The number of carbonyl (C=O) groups excluding carboxylic acids is 1. The highest BCUT2D eigenvalue weighted by Gasteiger charge is 2.43. The van der Waals surface area contributed by atoms with Gasteiger partial charge in [-0.15, -0.1) is 5.10 Å². The first kappa shape index (κ1) is 19.9. The third kappa shape index (κ3) is 3.87. The van der Waals surface area contributed by atoms with Crippen molar-refractivity contribution in [1.29, 1.82) is 0 Å². The first-order chi connectivity index (χ1) is 15.0. The van der Waals surface area contributed by atoms with Crippen molar-refractivity contribution in [3.05, 3.63) is 47.1 Å². The maximum Gasteiger partial charge on any atom is 0.256 e. The van der Waals surface area contributed by atoms with Crippen LogP contribution in [0.4, 0.5) is 10.3 Å². The topological polar surface area (TPSA) is 95.8 Å². The molecule has 162 valence electrons. The number of rotatable bonds is 5. The van der Waals surface area contributed by atoms with Crippen molar-refractivity contribution in [2.24, 2.45) is 0 Å². The first-order valence-corrected chi connectivity index (χ1v) is 10.6. The van der Waals surface area contributed by atoms with Gasteiger partial charge in [-0.25, -0.2) is 29.2 Å². The standard InChI is InChI=1S/C20H22ClFN8O/c1-12-26-27-30(12)18-5-2-13(8-23-18)19(31)29(15-3-4-15)17-6-7-28(11-16(17)22)20-24-9-14(21)10-25-20/h2,5,8-10,15-17,27H,3-4,6-7,11H2,1H3/t16-,17+/m0/s1. The van der Waals surface area contributed by atoms with E-state index >= 15 is 4.39 Å². The van der Waals surface area contributed by atoms with Crippen LogP contribution in [0.1, 0.15) is 35.4 Å². The number of hydrogen-bond acceptors (Lipinski definition) is 6. The molecule has 4 heterocycles. The lowest BCUT2D eigenvalue weighted by Crippen LogP contribution is -2.55. The molecule has 0 unspecified atom stereocenters. The van der Waals surface area contributed by atoms with E-state index in [1.807, 2.05) is 6.92 Å². The van der Waals surface area contributed by atoms with Crippen LogP contribution in [0.2, 0.25) is 5.02 Å². The van der Waals surface area contributed by atoms with Crippen molar-refractivity contribution >= 4 is 23.5 Å². The maximum atomic E-state index is 15.3. The molecule has 1 N–H and O–H groups in total. The number of pyridine rings is 1. The van der Waals surface area contributed by atoms with Crippen LogP contribution in [0.25, 0.3) is 5.82 Å². The van der Waals surface area contributed by atoms with Crippen LogP contribution < -0.4 is 4.90 Å². The summed E-state index contributed by atoms with van der Waals surface area (Å²) < 4.78 is 17.0. The summed E-state index contributed by atoms with van der Waals surface area (Å²) in [5.74, 6) is 1.73. The first-order valence-electron chi connectivity index (χ1n) is 10.3. The number of carbonyl (C=O) groups is 1. The van der Waals surface area contributed by atoms with E-state index < -0.39 is 12.2 Å². The summed E-state index contributed by atoms with van der Waals surface area (Å²) in [5, 5.41) is 7.18. The average Bonchev–Trinajstić information content (AvgIpc) is 3.60. The number of aromatic nitrogens is 6. The van der Waals surface area contributed by atoms with E-state index in [2.05, 4.69) is 25.3 Å². The summed E-state index contributed by atoms with van der Waals surface area (Å²) in [4.78, 5) is 29.6. The highest BCUT2D eigenvalue weighted by atomic mass is 35.5. The number of H-pyrrole nitrogens is 1. The summed E-state index contributed by atoms with van der Waals surface area (Å²) in [6, 6.07) is 3.10. The number of anilines is 1. The number of hydrogen-bond donors (Lipinski definition) is 1. The molecule has 3 aromatic heterocycles. The van der Waals surface area contributed by atoms with Gasteiger partial charge in [-0.3, -0.25) is 4.79 Å². The Morgan fingerprint density at radius 2 is 1.97 bits per heavy atom. The van der Waals surface area contributed by atoms with Gasteiger partial charge in [0.05, 0.1) is 35.6 Å². The van der Waals surface area contributed by atoms with Gasteiger partial charge in [0, 0.05) is 18.8 Å². The second-order valence-electron chi connectivity index (χ2n) is 7.96. The number of halogens is 2. The van der Waals surface area contributed by atoms with Gasteiger partial charge in [0.2, 0.25) is 5.95 Å². The van der Waals surface area contributed by atoms with Crippen LogP contribution in [0.15, 0.2) is 30.7 Å². The Bertz CT molecular complexity index is 1060. The minimum absolute atomic E-state index is 0.0835. The van der Waals surface area contributed by atoms with Crippen LogP contribution >= 0.6 is 11.6 Å². The Morgan fingerprint density at radius 1 is 1.19 bits per heavy atom. The lowest BCUT2D eigenvalue weighted by molar-refractivity contribution is 0.0486. The SMILES string of the molecule is Cc1n[nH]n1-c1ccc(C(=O)N(C2CC2)[C@@H]2CCN(c3ncc(Cl)cn3)C[C@@H]2F)cn1. The molecule has 11 heteroatoms. The fraction of sp³-hybridized carbons (Fsp3) is 0.450. The molecule has 1 saturated heterocycles. The zero-order valence-corrected chi connectivity index (χ0v) is 17.7. The van der Waals surface area contributed by atoms with Gasteiger partial charge in [0.1, 0.15) is 12.0 Å². The third-order valence-corrected chi connectivity index (χ3v) is 5.98. The van der Waals surface area contributed by atoms with Crippen LogP contribution in [-0.2, 0) is 0 Å². The highest BCUT2D eigenvalue weighted by Crippen LogP contribution is 2.34. The number of aryl methyl sites for hydroxylation is 1. The third-order valence-electron chi connectivity index (χ3n) is 5.79. The van der Waals surface area contributed by atoms with E-state index in [1.54, 1.807) is 32.8 Å². The number of alkyl halides is 1. The van der Waals surface area contributed by atoms with Gasteiger partial charge in [-0.05, 0) is 38.3 Å². The highest BCUT2D eigenvalue weighted by molar-refractivity contribution is 6.30. The number of aromatic amines is 1. The van der Waals surface area contributed by atoms with E-state index in [4.69, 9.17) is 11.6 Å². The molecule has 0 radical (unpaired) electrons. The fourth-order valence-electron chi connectivity index (χ4n) is 4.01. The monoisotopic (exact) mass is 444 g/mol. The number of piperidine rings is 1. The van der Waals surface area contributed by atoms with E-state index in [9.17, 15) is 4.79 Å². The van der Waals surface area contributed by atoms with E-state index in [-0.39, 0.29) is 18.5 Å². The van der Waals surface area contributed by atoms with Crippen LogP contribution in [0, 0.1) is 6.92 Å². The second-order valence-corrected chi connectivity index (χ2v) is 8.40. The zero-order chi connectivity index (χ0) is 21.5. The zero-order valence-electron chi connectivity index (χ0n) is 16.9. The maximum absolute atomic E-state index is 15.3. The summed E-state index contributed by atoms with van der Waals surface area (Å²) in [6.45, 7) is 2.56. The van der Waals surface area contributed by atoms with Crippen molar-refractivity contribution in [2.45, 2.75) is 44.4 Å². The molecule has 9 nitrogen and oxygen atoms in total. The summed E-state index contributed by atoms with van der Waals surface area (Å²) in [7, 11) is 0. The Morgan fingerprint density at radius 3 is 2.52 bits per heavy atom. The van der Waals surface area contributed by atoms with E-state index in [1.165, 1.54) is 12.4 Å². The Balaban J connectivity index is 1.31. The second kappa shape index (κ2) is 7.92. The van der Waals surface area contributed by atoms with Gasteiger partial charge in [0.25, 0.3) is 5.91 Å².